The molecule has 0 aliphatic carbocycles. The monoisotopic (exact) mass is 178 g/mol. The molecule has 3 nitrogen and oxygen atoms in total. The van der Waals surface area contributed by atoms with Crippen LogP contribution in [0.15, 0.2) is 34.3 Å². The molecule has 70 valence electrons. The van der Waals surface area contributed by atoms with Crippen LogP contribution < -0.4 is 5.56 Å². The number of nitrogens with zero attached hydrogens (tertiary/aromatic N) is 2. The third-order valence-corrected chi connectivity index (χ3v) is 1.89. The highest BCUT2D eigenvalue weighted by atomic mass is 16.1. The van der Waals surface area contributed by atoms with Gasteiger partial charge in [-0.1, -0.05) is 19.9 Å². The molecule has 0 bridgehead atoms. The van der Waals surface area contributed by atoms with Crippen molar-refractivity contribution in [1.29, 1.82) is 0 Å². The average molecular weight is 178 g/mol. The van der Waals surface area contributed by atoms with Gasteiger partial charge in [-0.25, -0.2) is 4.68 Å². The Hall–Kier alpha value is -1.38. The van der Waals surface area contributed by atoms with Crippen LogP contribution >= 0.6 is 0 Å². The highest BCUT2D eigenvalue weighted by Gasteiger charge is 1.92. The molecule has 1 atom stereocenters. The summed E-state index contributed by atoms with van der Waals surface area (Å²) >= 11 is 0. The van der Waals surface area contributed by atoms with Crippen LogP contribution in [0.2, 0.25) is 0 Å². The van der Waals surface area contributed by atoms with Gasteiger partial charge >= 0.3 is 0 Å². The maximum Gasteiger partial charge on any atom is 0.270 e. The molecule has 1 aromatic rings. The van der Waals surface area contributed by atoms with Crippen molar-refractivity contribution in [2.24, 2.45) is 11.0 Å². The molecule has 1 unspecified atom stereocenters. The Bertz CT molecular complexity index is 341. The van der Waals surface area contributed by atoms with E-state index in [1.807, 2.05) is 0 Å². The molecule has 3 heteroatoms. The summed E-state index contributed by atoms with van der Waals surface area (Å²) in [6.45, 7) is 4.15. The maximum absolute atomic E-state index is 11.2. The summed E-state index contributed by atoms with van der Waals surface area (Å²) in [6.07, 6.45) is 4.48. The predicted octanol–water partition coefficient (Wildman–Crippen LogP) is 1.73. The molecule has 0 radical (unpaired) electrons. The third kappa shape index (κ3) is 2.86. The minimum absolute atomic E-state index is 0.0953. The van der Waals surface area contributed by atoms with Crippen LogP contribution in [0.5, 0.6) is 0 Å². The Kier molecular flexibility index (Phi) is 3.43. The molecule has 0 aliphatic heterocycles. The first-order valence-electron chi connectivity index (χ1n) is 4.46. The summed E-state index contributed by atoms with van der Waals surface area (Å²) in [7, 11) is 0. The Morgan fingerprint density at radius 3 is 3.00 bits per heavy atom. The van der Waals surface area contributed by atoms with Crippen molar-refractivity contribution in [3.8, 4) is 0 Å². The van der Waals surface area contributed by atoms with Gasteiger partial charge in [0.05, 0.1) is 0 Å². The van der Waals surface area contributed by atoms with Crippen molar-refractivity contribution < 1.29 is 0 Å². The standard InChI is InChI=1S/C10H14N2O/c1-3-9(2)8-11-12-7-5-4-6-10(12)13/h4-9H,3H2,1-2H3/b11-8+. The average Bonchev–Trinajstić information content (AvgIpc) is 2.16. The van der Waals surface area contributed by atoms with E-state index in [1.54, 1.807) is 24.5 Å². The lowest BCUT2D eigenvalue weighted by Gasteiger charge is -1.99. The summed E-state index contributed by atoms with van der Waals surface area (Å²) < 4.78 is 1.34. The van der Waals surface area contributed by atoms with Gasteiger partial charge in [-0.3, -0.25) is 4.79 Å². The van der Waals surface area contributed by atoms with Gasteiger partial charge in [-0.15, -0.1) is 0 Å². The van der Waals surface area contributed by atoms with Gasteiger partial charge in [0.15, 0.2) is 0 Å². The highest BCUT2D eigenvalue weighted by molar-refractivity contribution is 5.59. The lowest BCUT2D eigenvalue weighted by Crippen LogP contribution is -2.14. The molecular formula is C10H14N2O. The van der Waals surface area contributed by atoms with E-state index in [1.165, 1.54) is 10.7 Å². The smallest absolute Gasteiger partial charge is 0.267 e. The Morgan fingerprint density at radius 2 is 2.38 bits per heavy atom. The van der Waals surface area contributed by atoms with Crippen LogP contribution in [0.25, 0.3) is 0 Å². The summed E-state index contributed by atoms with van der Waals surface area (Å²) in [6, 6.07) is 4.99. The van der Waals surface area contributed by atoms with Gasteiger partial charge in [0.25, 0.3) is 5.56 Å². The Balaban J connectivity index is 2.80. The first-order valence-corrected chi connectivity index (χ1v) is 4.46. The second-order valence-corrected chi connectivity index (χ2v) is 3.03. The topological polar surface area (TPSA) is 34.4 Å². The zero-order chi connectivity index (χ0) is 9.68. The van der Waals surface area contributed by atoms with Crippen molar-refractivity contribution >= 4 is 6.21 Å². The van der Waals surface area contributed by atoms with E-state index >= 15 is 0 Å². The fourth-order valence-corrected chi connectivity index (χ4v) is 0.805. The minimum Gasteiger partial charge on any atom is -0.267 e. The van der Waals surface area contributed by atoms with Crippen LogP contribution in [-0.2, 0) is 0 Å². The fraction of sp³-hybridized carbons (Fsp3) is 0.400. The fourth-order valence-electron chi connectivity index (χ4n) is 0.805. The van der Waals surface area contributed by atoms with Crippen molar-refractivity contribution in [2.45, 2.75) is 20.3 Å². The molecule has 0 spiro atoms. The van der Waals surface area contributed by atoms with Crippen LogP contribution in [-0.4, -0.2) is 10.9 Å². The molecular weight excluding hydrogens is 164 g/mol. The van der Waals surface area contributed by atoms with Crippen molar-refractivity contribution in [3.05, 3.63) is 34.7 Å². The van der Waals surface area contributed by atoms with E-state index in [0.29, 0.717) is 5.92 Å². The Labute approximate surface area is 77.7 Å². The second kappa shape index (κ2) is 4.60. The first-order chi connectivity index (χ1) is 6.24. The van der Waals surface area contributed by atoms with Gasteiger partial charge in [-0.2, -0.15) is 5.10 Å². The number of aromatic nitrogens is 1. The van der Waals surface area contributed by atoms with Crippen LogP contribution in [0.3, 0.4) is 0 Å². The quantitative estimate of drug-likeness (QED) is 0.649. The number of hydrogen-bond acceptors (Lipinski definition) is 2. The van der Waals surface area contributed by atoms with Gasteiger partial charge < -0.3 is 0 Å². The van der Waals surface area contributed by atoms with Crippen molar-refractivity contribution in [1.82, 2.24) is 4.68 Å². The molecule has 0 N–H and O–H groups in total. The molecule has 1 aromatic heterocycles. The molecule has 0 saturated carbocycles. The molecule has 0 amide bonds. The highest BCUT2D eigenvalue weighted by Crippen LogP contribution is 1.95. The third-order valence-electron chi connectivity index (χ3n) is 1.89. The van der Waals surface area contributed by atoms with Crippen molar-refractivity contribution in [2.75, 3.05) is 0 Å². The molecule has 1 heterocycles. The lowest BCUT2D eigenvalue weighted by molar-refractivity contribution is 0.733. The molecule has 1 rings (SSSR count). The molecule has 0 aliphatic rings. The SMILES string of the molecule is CCC(C)/C=N/n1ccccc1=O. The summed E-state index contributed by atoms with van der Waals surface area (Å²) in [5.41, 5.74) is -0.0953. The van der Waals surface area contributed by atoms with Gasteiger partial charge in [0.2, 0.25) is 0 Å². The minimum atomic E-state index is -0.0953. The summed E-state index contributed by atoms with van der Waals surface area (Å²) in [5.74, 6) is 0.409. The largest absolute Gasteiger partial charge is 0.270 e. The molecule has 0 fully saturated rings. The molecule has 0 aromatic carbocycles. The van der Waals surface area contributed by atoms with Gasteiger partial charge in [0, 0.05) is 18.5 Å². The maximum atomic E-state index is 11.2. The van der Waals surface area contributed by atoms with E-state index in [2.05, 4.69) is 18.9 Å². The van der Waals surface area contributed by atoms with Crippen LogP contribution in [0, 0.1) is 5.92 Å². The van der Waals surface area contributed by atoms with E-state index in [4.69, 9.17) is 0 Å². The Morgan fingerprint density at radius 1 is 1.62 bits per heavy atom. The van der Waals surface area contributed by atoms with E-state index in [9.17, 15) is 4.79 Å². The zero-order valence-electron chi connectivity index (χ0n) is 7.97. The van der Waals surface area contributed by atoms with E-state index in [-0.39, 0.29) is 5.56 Å². The van der Waals surface area contributed by atoms with E-state index < -0.39 is 0 Å². The van der Waals surface area contributed by atoms with Gasteiger partial charge in [0.1, 0.15) is 0 Å². The van der Waals surface area contributed by atoms with Crippen LogP contribution in [0.4, 0.5) is 0 Å². The molecule has 13 heavy (non-hydrogen) atoms. The van der Waals surface area contributed by atoms with E-state index in [0.717, 1.165) is 6.42 Å². The van der Waals surface area contributed by atoms with Crippen molar-refractivity contribution in [3.63, 3.8) is 0 Å². The first kappa shape index (κ1) is 9.71. The number of hydrogen-bond donors (Lipinski definition) is 0. The predicted molar refractivity (Wildman–Crippen MR) is 54.0 cm³/mol. The molecule has 0 saturated heterocycles. The summed E-state index contributed by atoms with van der Waals surface area (Å²) in [4.78, 5) is 11.2. The normalized spacial score (nSPS) is 13.4. The number of pyridine rings is 1. The van der Waals surface area contributed by atoms with Gasteiger partial charge in [-0.05, 0) is 18.4 Å². The zero-order valence-corrected chi connectivity index (χ0v) is 7.97. The second-order valence-electron chi connectivity index (χ2n) is 3.03. The number of rotatable bonds is 3. The lowest BCUT2D eigenvalue weighted by atomic mass is 10.1. The summed E-state index contributed by atoms with van der Waals surface area (Å²) in [5, 5.41) is 4.06. The van der Waals surface area contributed by atoms with Crippen LogP contribution in [0.1, 0.15) is 20.3 Å².